The minimum absolute atomic E-state index is 0.0344. The fourth-order valence-corrected chi connectivity index (χ4v) is 4.85. The van der Waals surface area contributed by atoms with Gasteiger partial charge in [0.05, 0.1) is 11.4 Å². The highest BCUT2D eigenvalue weighted by molar-refractivity contribution is 7.09. The zero-order valence-corrected chi connectivity index (χ0v) is 17.5. The molecule has 0 radical (unpaired) electrons. The van der Waals surface area contributed by atoms with E-state index in [9.17, 15) is 4.79 Å². The van der Waals surface area contributed by atoms with Crippen LogP contribution in [0.4, 0.5) is 0 Å². The zero-order valence-electron chi connectivity index (χ0n) is 16.7. The number of amides is 1. The van der Waals surface area contributed by atoms with E-state index in [-0.39, 0.29) is 5.91 Å². The van der Waals surface area contributed by atoms with Gasteiger partial charge in [-0.05, 0) is 54.8 Å². The highest BCUT2D eigenvalue weighted by atomic mass is 32.1. The Bertz CT molecular complexity index is 1160. The van der Waals surface area contributed by atoms with Crippen LogP contribution in [-0.4, -0.2) is 22.6 Å². The largest absolute Gasteiger partial charge is 0.352 e. The Labute approximate surface area is 180 Å². The van der Waals surface area contributed by atoms with Gasteiger partial charge in [-0.15, -0.1) is 11.3 Å². The normalized spacial score (nSPS) is 12.7. The molecule has 0 saturated carbocycles. The molecule has 0 aliphatic heterocycles. The number of aromatic nitrogens is 2. The van der Waals surface area contributed by atoms with Gasteiger partial charge in [0.1, 0.15) is 0 Å². The number of aromatic amines is 1. The van der Waals surface area contributed by atoms with Crippen LogP contribution in [-0.2, 0) is 19.3 Å². The molecule has 2 heterocycles. The molecule has 2 aromatic heterocycles. The molecule has 4 aromatic rings. The number of thiophene rings is 1. The first-order valence-electron chi connectivity index (χ1n) is 10.4. The summed E-state index contributed by atoms with van der Waals surface area (Å²) >= 11 is 1.72. The van der Waals surface area contributed by atoms with E-state index >= 15 is 0 Å². The fraction of sp³-hybridized carbons (Fsp3) is 0.200. The Hall–Kier alpha value is -3.18. The maximum Gasteiger partial charge on any atom is 0.251 e. The van der Waals surface area contributed by atoms with E-state index in [0.717, 1.165) is 42.6 Å². The molecule has 0 unspecified atom stereocenters. The summed E-state index contributed by atoms with van der Waals surface area (Å²) in [5.41, 5.74) is 7.75. The van der Waals surface area contributed by atoms with Crippen LogP contribution in [0.15, 0.2) is 66.0 Å². The average Bonchev–Trinajstić information content (AvgIpc) is 3.41. The van der Waals surface area contributed by atoms with Gasteiger partial charge in [-0.3, -0.25) is 9.89 Å². The molecule has 2 N–H and O–H groups in total. The van der Waals surface area contributed by atoms with E-state index in [1.165, 1.54) is 21.6 Å². The van der Waals surface area contributed by atoms with Gasteiger partial charge in [0.15, 0.2) is 0 Å². The van der Waals surface area contributed by atoms with Gasteiger partial charge in [-0.25, -0.2) is 0 Å². The molecule has 0 saturated heterocycles. The van der Waals surface area contributed by atoms with Crippen molar-refractivity contribution in [3.8, 4) is 22.5 Å². The summed E-state index contributed by atoms with van der Waals surface area (Å²) in [6.07, 6.45) is 4.06. The molecule has 1 amide bonds. The van der Waals surface area contributed by atoms with Gasteiger partial charge in [0.2, 0.25) is 0 Å². The van der Waals surface area contributed by atoms with E-state index in [2.05, 4.69) is 51.2 Å². The maximum absolute atomic E-state index is 12.5. The van der Waals surface area contributed by atoms with Crippen LogP contribution in [0.3, 0.4) is 0 Å². The zero-order chi connectivity index (χ0) is 20.3. The number of H-pyrrole nitrogens is 1. The molecule has 0 bridgehead atoms. The van der Waals surface area contributed by atoms with Crippen molar-refractivity contribution in [1.82, 2.24) is 15.5 Å². The van der Waals surface area contributed by atoms with Crippen LogP contribution >= 0.6 is 11.3 Å². The summed E-state index contributed by atoms with van der Waals surface area (Å²) in [4.78, 5) is 13.7. The van der Waals surface area contributed by atoms with Gasteiger partial charge in [0.25, 0.3) is 5.91 Å². The maximum atomic E-state index is 12.5. The second-order valence-electron chi connectivity index (χ2n) is 7.60. The third-order valence-electron chi connectivity index (χ3n) is 5.68. The third kappa shape index (κ3) is 3.68. The molecule has 1 aliphatic carbocycles. The van der Waals surface area contributed by atoms with Crippen LogP contribution in [0.25, 0.3) is 22.5 Å². The van der Waals surface area contributed by atoms with Crippen molar-refractivity contribution >= 4 is 17.2 Å². The quantitative estimate of drug-likeness (QED) is 0.468. The van der Waals surface area contributed by atoms with Crippen molar-refractivity contribution in [3.63, 3.8) is 0 Å². The number of aryl methyl sites for hydroxylation is 1. The molecule has 0 fully saturated rings. The number of nitrogens with zero attached hydrogens (tertiary/aromatic N) is 1. The SMILES string of the molecule is O=C(NCCc1cccs1)c1ccc(-c2n[nH]c3c2CCCc2ccccc2-3)cc1. The standard InChI is InChI=1S/C25H23N3OS/c29-25(26-15-14-20-7-4-16-30-20)19-12-10-18(11-13-19)23-22-9-3-6-17-5-1-2-8-21(17)24(22)28-27-23/h1-2,4-5,7-8,10-13,16H,3,6,9,14-15H2,(H,26,29)(H,27,28). The van der Waals surface area contributed by atoms with Crippen LogP contribution < -0.4 is 5.32 Å². The molecule has 150 valence electrons. The van der Waals surface area contributed by atoms with Crippen molar-refractivity contribution in [2.75, 3.05) is 6.54 Å². The summed E-state index contributed by atoms with van der Waals surface area (Å²) in [7, 11) is 0. The van der Waals surface area contributed by atoms with Gasteiger partial charge in [-0.1, -0.05) is 42.5 Å². The van der Waals surface area contributed by atoms with Gasteiger partial charge in [-0.2, -0.15) is 5.10 Å². The van der Waals surface area contributed by atoms with Gasteiger partial charge in [0, 0.05) is 33.7 Å². The topological polar surface area (TPSA) is 57.8 Å². The monoisotopic (exact) mass is 413 g/mol. The molecule has 5 rings (SSSR count). The number of hydrogen-bond donors (Lipinski definition) is 2. The molecule has 1 aliphatic rings. The van der Waals surface area contributed by atoms with Crippen LogP contribution in [0.5, 0.6) is 0 Å². The lowest BCUT2D eigenvalue weighted by Crippen LogP contribution is -2.25. The summed E-state index contributed by atoms with van der Waals surface area (Å²) in [5, 5.41) is 13.0. The molecular formula is C25H23N3OS. The predicted octanol–water partition coefficient (Wildman–Crippen LogP) is 5.27. The number of carbonyl (C=O) groups excluding carboxylic acids is 1. The summed E-state index contributed by atoms with van der Waals surface area (Å²) in [6.45, 7) is 0.646. The molecule has 0 atom stereocenters. The second-order valence-corrected chi connectivity index (χ2v) is 8.63. The Balaban J connectivity index is 1.33. The Kier molecular flexibility index (Phi) is 5.20. The first kappa shape index (κ1) is 18.8. The molecular weight excluding hydrogens is 390 g/mol. The number of hydrogen-bond acceptors (Lipinski definition) is 3. The lowest BCUT2D eigenvalue weighted by Gasteiger charge is -2.06. The van der Waals surface area contributed by atoms with E-state index in [1.807, 2.05) is 30.3 Å². The predicted molar refractivity (Wildman–Crippen MR) is 122 cm³/mol. The van der Waals surface area contributed by atoms with E-state index in [0.29, 0.717) is 12.1 Å². The number of carbonyl (C=O) groups is 1. The van der Waals surface area contributed by atoms with Crippen molar-refractivity contribution in [2.24, 2.45) is 0 Å². The minimum atomic E-state index is -0.0344. The second kappa shape index (κ2) is 8.28. The lowest BCUT2D eigenvalue weighted by atomic mass is 9.99. The first-order chi connectivity index (χ1) is 14.8. The van der Waals surface area contributed by atoms with Gasteiger partial charge < -0.3 is 5.32 Å². The van der Waals surface area contributed by atoms with Crippen LogP contribution in [0, 0.1) is 0 Å². The smallest absolute Gasteiger partial charge is 0.251 e. The Morgan fingerprint density at radius 1 is 1.03 bits per heavy atom. The number of nitrogens with one attached hydrogen (secondary N) is 2. The minimum Gasteiger partial charge on any atom is -0.352 e. The van der Waals surface area contributed by atoms with Crippen molar-refractivity contribution in [1.29, 1.82) is 0 Å². The van der Waals surface area contributed by atoms with Crippen molar-refractivity contribution in [2.45, 2.75) is 25.7 Å². The number of rotatable bonds is 5. The fourth-order valence-electron chi connectivity index (χ4n) is 4.14. The number of benzene rings is 2. The molecule has 0 spiro atoms. The molecule has 2 aromatic carbocycles. The highest BCUT2D eigenvalue weighted by Gasteiger charge is 2.21. The van der Waals surface area contributed by atoms with Gasteiger partial charge >= 0.3 is 0 Å². The molecule has 4 nitrogen and oxygen atoms in total. The average molecular weight is 414 g/mol. The van der Waals surface area contributed by atoms with E-state index < -0.39 is 0 Å². The Morgan fingerprint density at radius 3 is 2.73 bits per heavy atom. The summed E-state index contributed by atoms with van der Waals surface area (Å²) in [6, 6.07) is 20.5. The first-order valence-corrected chi connectivity index (χ1v) is 11.2. The third-order valence-corrected chi connectivity index (χ3v) is 6.62. The highest BCUT2D eigenvalue weighted by Crippen LogP contribution is 2.36. The molecule has 30 heavy (non-hydrogen) atoms. The molecule has 5 heteroatoms. The van der Waals surface area contributed by atoms with Crippen LogP contribution in [0.2, 0.25) is 0 Å². The lowest BCUT2D eigenvalue weighted by molar-refractivity contribution is 0.0954. The van der Waals surface area contributed by atoms with Crippen LogP contribution in [0.1, 0.15) is 32.8 Å². The summed E-state index contributed by atoms with van der Waals surface area (Å²) < 4.78 is 0. The van der Waals surface area contributed by atoms with Crippen molar-refractivity contribution < 1.29 is 4.79 Å². The van der Waals surface area contributed by atoms with E-state index in [4.69, 9.17) is 0 Å². The number of fused-ring (bicyclic) bond motifs is 3. The van der Waals surface area contributed by atoms with Crippen molar-refractivity contribution in [3.05, 3.63) is 87.6 Å². The Morgan fingerprint density at radius 2 is 1.90 bits per heavy atom. The van der Waals surface area contributed by atoms with E-state index in [1.54, 1.807) is 11.3 Å². The summed E-state index contributed by atoms with van der Waals surface area (Å²) in [5.74, 6) is -0.0344.